The minimum atomic E-state index is 0.708. The minimum Gasteiger partial charge on any atom is -0.493 e. The highest BCUT2D eigenvalue weighted by molar-refractivity contribution is 6.21. The second-order valence-electron chi connectivity index (χ2n) is 30.0. The van der Waals surface area contributed by atoms with Gasteiger partial charge in [-0.05, 0) is 145 Å². The van der Waals surface area contributed by atoms with Crippen molar-refractivity contribution in [1.29, 1.82) is 0 Å². The molecule has 0 aliphatic rings. The molecule has 0 saturated carbocycles. The van der Waals surface area contributed by atoms with Crippen LogP contribution < -0.4 is 18.9 Å². The first-order valence-corrected chi connectivity index (χ1v) is 35.2. The van der Waals surface area contributed by atoms with Crippen LogP contribution in [0.25, 0.3) is 43.8 Å². The Kier molecular flexibility index (Phi) is 33.4. The minimum absolute atomic E-state index is 0.708. The molecule has 5 rings (SSSR count). The summed E-state index contributed by atoms with van der Waals surface area (Å²) in [7, 11) is 27.6. The molecular formula is C78H130N4O4+4. The van der Waals surface area contributed by atoms with E-state index in [0.29, 0.717) is 26.4 Å². The molecule has 0 amide bonds. The monoisotopic (exact) mass is 1190 g/mol. The van der Waals surface area contributed by atoms with E-state index in [1.165, 1.54) is 239 Å². The van der Waals surface area contributed by atoms with Crippen LogP contribution in [0, 0.1) is 0 Å². The molecule has 0 fully saturated rings. The molecule has 0 spiro atoms. The highest BCUT2D eigenvalue weighted by atomic mass is 16.5. The van der Waals surface area contributed by atoms with Crippen LogP contribution in [0.2, 0.25) is 0 Å². The highest BCUT2D eigenvalue weighted by Crippen LogP contribution is 2.46. The summed E-state index contributed by atoms with van der Waals surface area (Å²) in [5.74, 6) is 3.56. The molecule has 5 aromatic carbocycles. The fraction of sp³-hybridized carbons (Fsp3) is 0.667. The van der Waals surface area contributed by atoms with E-state index in [1.807, 2.05) is 0 Å². The van der Waals surface area contributed by atoms with Gasteiger partial charge in [-0.25, -0.2) is 0 Å². The zero-order chi connectivity index (χ0) is 61.9. The maximum Gasteiger partial charge on any atom is 0.123 e. The Morgan fingerprint density at radius 1 is 0.221 bits per heavy atom. The Hall–Kier alpha value is -4.34. The summed E-state index contributed by atoms with van der Waals surface area (Å²) in [5.41, 5.74) is 4.70. The summed E-state index contributed by atoms with van der Waals surface area (Å²) < 4.78 is 31.1. The molecule has 0 heterocycles. The van der Waals surface area contributed by atoms with Gasteiger partial charge in [-0.2, -0.15) is 0 Å². The summed E-state index contributed by atoms with van der Waals surface area (Å²) in [5, 5.41) is 4.87. The van der Waals surface area contributed by atoms with Gasteiger partial charge in [0.25, 0.3) is 0 Å². The van der Waals surface area contributed by atoms with Gasteiger partial charge in [0.05, 0.1) is 137 Å². The third kappa shape index (κ3) is 31.2. The fourth-order valence-electron chi connectivity index (χ4n) is 12.3. The number of fused-ring (bicyclic) bond motifs is 2. The summed E-state index contributed by atoms with van der Waals surface area (Å²) in [4.78, 5) is 0. The topological polar surface area (TPSA) is 36.9 Å². The molecule has 0 aliphatic carbocycles. The van der Waals surface area contributed by atoms with Crippen molar-refractivity contribution < 1.29 is 36.9 Å². The van der Waals surface area contributed by atoms with Gasteiger partial charge in [0, 0.05) is 12.1 Å². The number of ether oxygens (including phenoxy) is 4. The lowest BCUT2D eigenvalue weighted by molar-refractivity contribution is -0.870. The first-order valence-electron chi connectivity index (χ1n) is 35.2. The standard InChI is InChI=1S/C78H130N4O4/c1-79(2,3)53-41-29-21-13-17-25-33-45-57-83-69-61-67(62-70(65-69)84-58-46-34-26-18-14-22-30-42-54-80(4,5)6)77-73-49-37-39-51-75(73)78(76-52-40-38-50-74(76)77)68-63-71(85-59-47-35-27-19-15-23-31-43-55-81(7,8)9)66-72(64-68)86-60-48-36-28-20-16-24-32-44-56-82(10,11)12/h37-40,49-52,61-66H,13-36,41-48,53-60H2,1-12H3/q+4. The number of benzene rings is 5. The van der Waals surface area contributed by atoms with Crippen molar-refractivity contribution in [2.75, 3.05) is 137 Å². The third-order valence-corrected chi connectivity index (χ3v) is 17.2. The highest BCUT2D eigenvalue weighted by Gasteiger charge is 2.20. The molecule has 5 aromatic rings. The average molecular weight is 1190 g/mol. The summed E-state index contributed by atoms with van der Waals surface area (Å²) in [6, 6.07) is 31.5. The molecule has 0 N–H and O–H groups in total. The average Bonchev–Trinajstić information content (AvgIpc) is 2.47. The van der Waals surface area contributed by atoms with Crippen LogP contribution in [0.15, 0.2) is 84.9 Å². The van der Waals surface area contributed by atoms with Crippen molar-refractivity contribution >= 4 is 21.5 Å². The van der Waals surface area contributed by atoms with Gasteiger partial charge in [0.1, 0.15) is 23.0 Å². The maximum absolute atomic E-state index is 6.72. The van der Waals surface area contributed by atoms with E-state index in [4.69, 9.17) is 18.9 Å². The molecule has 8 nitrogen and oxygen atoms in total. The van der Waals surface area contributed by atoms with E-state index in [2.05, 4.69) is 170 Å². The van der Waals surface area contributed by atoms with Crippen molar-refractivity contribution in [3.05, 3.63) is 84.9 Å². The molecule has 0 bridgehead atoms. The largest absolute Gasteiger partial charge is 0.493 e. The molecular weight excluding hydrogens is 1060 g/mol. The molecule has 0 saturated heterocycles. The number of hydrogen-bond acceptors (Lipinski definition) is 4. The molecule has 0 unspecified atom stereocenters. The Bertz CT molecular complexity index is 2260. The zero-order valence-corrected chi connectivity index (χ0v) is 57.8. The van der Waals surface area contributed by atoms with E-state index in [0.717, 1.165) is 77.7 Å². The van der Waals surface area contributed by atoms with E-state index in [-0.39, 0.29) is 0 Å². The lowest BCUT2D eigenvalue weighted by atomic mass is 9.86. The molecule has 0 aliphatic heterocycles. The zero-order valence-electron chi connectivity index (χ0n) is 57.8. The lowest BCUT2D eigenvalue weighted by Gasteiger charge is -2.23. The smallest absolute Gasteiger partial charge is 0.123 e. The van der Waals surface area contributed by atoms with Gasteiger partial charge in [0.2, 0.25) is 0 Å². The second kappa shape index (κ2) is 39.6. The van der Waals surface area contributed by atoms with Gasteiger partial charge in [-0.1, -0.05) is 177 Å². The van der Waals surface area contributed by atoms with Gasteiger partial charge in [0.15, 0.2) is 0 Å². The summed E-state index contributed by atoms with van der Waals surface area (Å²) >= 11 is 0. The van der Waals surface area contributed by atoms with Crippen LogP contribution in [0.5, 0.6) is 23.0 Å². The molecule has 0 aromatic heterocycles. The number of hydrogen-bond donors (Lipinski definition) is 0. The van der Waals surface area contributed by atoms with E-state index >= 15 is 0 Å². The fourth-order valence-corrected chi connectivity index (χ4v) is 12.3. The van der Waals surface area contributed by atoms with E-state index in [9.17, 15) is 0 Å². The lowest BCUT2D eigenvalue weighted by Crippen LogP contribution is -2.35. The van der Waals surface area contributed by atoms with Gasteiger partial charge >= 0.3 is 0 Å². The Labute approximate surface area is 528 Å². The second-order valence-corrected chi connectivity index (χ2v) is 30.0. The van der Waals surface area contributed by atoms with Gasteiger partial charge in [-0.15, -0.1) is 0 Å². The van der Waals surface area contributed by atoms with Crippen LogP contribution in [0.3, 0.4) is 0 Å². The molecule has 86 heavy (non-hydrogen) atoms. The number of unbranched alkanes of at least 4 members (excludes halogenated alkanes) is 28. The van der Waals surface area contributed by atoms with Crippen molar-refractivity contribution in [1.82, 2.24) is 0 Å². The first-order chi connectivity index (χ1) is 41.2. The molecule has 8 heteroatoms. The molecule has 0 radical (unpaired) electrons. The van der Waals surface area contributed by atoms with Crippen LogP contribution in [-0.2, 0) is 0 Å². The normalized spacial score (nSPS) is 12.4. The first kappa shape index (κ1) is 72.4. The Balaban J connectivity index is 1.34. The van der Waals surface area contributed by atoms with Crippen molar-refractivity contribution in [2.24, 2.45) is 0 Å². The van der Waals surface area contributed by atoms with Gasteiger partial charge in [-0.3, -0.25) is 0 Å². The van der Waals surface area contributed by atoms with Crippen molar-refractivity contribution in [3.8, 4) is 45.3 Å². The van der Waals surface area contributed by atoms with Crippen molar-refractivity contribution in [2.45, 2.75) is 205 Å². The van der Waals surface area contributed by atoms with Crippen LogP contribution in [-0.4, -0.2) is 155 Å². The van der Waals surface area contributed by atoms with Crippen molar-refractivity contribution in [3.63, 3.8) is 0 Å². The number of quaternary nitrogens is 4. The van der Waals surface area contributed by atoms with E-state index in [1.54, 1.807) is 0 Å². The SMILES string of the molecule is C[N+](C)(C)CCCCCCCCCCOc1cc(OCCCCCCCCCC[N+](C)(C)C)cc(-c2c3ccccc3c(-c3cc(OCCCCCCCCCC[N+](C)(C)C)cc(OCCCCCCCCCC[N+](C)(C)C)c3)c3ccccc23)c1. The third-order valence-electron chi connectivity index (χ3n) is 17.2. The van der Waals surface area contributed by atoms with Gasteiger partial charge < -0.3 is 36.9 Å². The Morgan fingerprint density at radius 2 is 0.395 bits per heavy atom. The Morgan fingerprint density at radius 3 is 0.581 bits per heavy atom. The molecule has 482 valence electrons. The van der Waals surface area contributed by atoms with E-state index < -0.39 is 0 Å². The summed E-state index contributed by atoms with van der Waals surface area (Å²) in [6.45, 7) is 7.89. The maximum atomic E-state index is 6.72. The number of rotatable bonds is 50. The predicted octanol–water partition coefficient (Wildman–Crippen LogP) is 20.2. The van der Waals surface area contributed by atoms with Crippen LogP contribution >= 0.6 is 0 Å². The van der Waals surface area contributed by atoms with Crippen LogP contribution in [0.4, 0.5) is 0 Å². The number of nitrogens with zero attached hydrogens (tertiary/aromatic N) is 4. The van der Waals surface area contributed by atoms with Crippen LogP contribution in [0.1, 0.15) is 205 Å². The molecule has 0 atom stereocenters. The quantitative estimate of drug-likeness (QED) is 0.0221. The predicted molar refractivity (Wildman–Crippen MR) is 374 cm³/mol. The summed E-state index contributed by atoms with van der Waals surface area (Å²) in [6.07, 6.45) is 40.8.